The lowest BCUT2D eigenvalue weighted by Gasteiger charge is -2.22. The highest BCUT2D eigenvalue weighted by molar-refractivity contribution is 7.91. The first-order valence-electron chi connectivity index (χ1n) is 5.59. The van der Waals surface area contributed by atoms with E-state index in [0.29, 0.717) is 30.6 Å². The molecule has 1 heterocycles. The third kappa shape index (κ3) is 4.29. The van der Waals surface area contributed by atoms with Gasteiger partial charge < -0.3 is 0 Å². The minimum absolute atomic E-state index is 0.286. The van der Waals surface area contributed by atoms with E-state index in [2.05, 4.69) is 4.90 Å². The monoisotopic (exact) mass is 253 g/mol. The highest BCUT2D eigenvalue weighted by Gasteiger charge is 2.24. The zero-order valence-corrected chi connectivity index (χ0v) is 10.9. The Morgan fingerprint density at radius 2 is 2.13 bits per heavy atom. The van der Waals surface area contributed by atoms with Crippen LogP contribution in [-0.2, 0) is 9.84 Å². The van der Waals surface area contributed by atoms with Crippen molar-refractivity contribution in [2.75, 3.05) is 30.5 Å². The fourth-order valence-corrected chi connectivity index (χ4v) is 3.72. The Morgan fingerprint density at radius 1 is 1.40 bits per heavy atom. The van der Waals surface area contributed by atoms with Gasteiger partial charge in [-0.1, -0.05) is 6.92 Å². The van der Waals surface area contributed by atoms with Crippen molar-refractivity contribution in [2.24, 2.45) is 0 Å². The van der Waals surface area contributed by atoms with Crippen LogP contribution in [0.2, 0.25) is 0 Å². The molecule has 0 aliphatic carbocycles. The molecule has 0 N–H and O–H groups in total. The molecule has 90 valence electrons. The van der Waals surface area contributed by atoms with Crippen molar-refractivity contribution in [3.05, 3.63) is 0 Å². The van der Waals surface area contributed by atoms with E-state index >= 15 is 0 Å². The predicted octanol–water partition coefficient (Wildman–Crippen LogP) is 1.51. The molecule has 1 aliphatic heterocycles. The highest BCUT2D eigenvalue weighted by atomic mass is 35.5. The standard InChI is InChI=1S/C10H20ClNO2S/c1-2-7-15(13,14)8-6-12-5-3-4-10(12)9-11/h10H,2-9H2,1H3. The average molecular weight is 254 g/mol. The zero-order chi connectivity index (χ0) is 11.3. The predicted molar refractivity (Wildman–Crippen MR) is 64.3 cm³/mol. The molecule has 0 radical (unpaired) electrons. The molecule has 1 aliphatic rings. The van der Waals surface area contributed by atoms with Gasteiger partial charge in [-0.2, -0.15) is 0 Å². The Balaban J connectivity index is 2.36. The maximum Gasteiger partial charge on any atom is 0.151 e. The molecule has 1 rings (SSSR count). The number of hydrogen-bond donors (Lipinski definition) is 0. The molecule has 0 amide bonds. The van der Waals surface area contributed by atoms with Crippen LogP contribution < -0.4 is 0 Å². The van der Waals surface area contributed by atoms with E-state index in [0.717, 1.165) is 19.4 Å². The molecule has 5 heteroatoms. The van der Waals surface area contributed by atoms with E-state index < -0.39 is 9.84 Å². The van der Waals surface area contributed by atoms with Crippen LogP contribution in [0.1, 0.15) is 26.2 Å². The lowest BCUT2D eigenvalue weighted by Crippen LogP contribution is -2.35. The van der Waals surface area contributed by atoms with Gasteiger partial charge in [0.25, 0.3) is 0 Å². The number of likely N-dealkylation sites (tertiary alicyclic amines) is 1. The first-order chi connectivity index (χ1) is 7.09. The van der Waals surface area contributed by atoms with Gasteiger partial charge in [-0.3, -0.25) is 4.90 Å². The van der Waals surface area contributed by atoms with Crippen LogP contribution in [0.25, 0.3) is 0 Å². The minimum Gasteiger partial charge on any atom is -0.298 e. The van der Waals surface area contributed by atoms with E-state index in [1.165, 1.54) is 0 Å². The second kappa shape index (κ2) is 6.06. The largest absolute Gasteiger partial charge is 0.298 e. The molecule has 0 aromatic rings. The smallest absolute Gasteiger partial charge is 0.151 e. The van der Waals surface area contributed by atoms with Gasteiger partial charge in [0.1, 0.15) is 0 Å². The first-order valence-corrected chi connectivity index (χ1v) is 7.95. The lowest BCUT2D eigenvalue weighted by atomic mass is 10.2. The van der Waals surface area contributed by atoms with E-state index in [9.17, 15) is 8.42 Å². The van der Waals surface area contributed by atoms with Crippen LogP contribution in [0.3, 0.4) is 0 Å². The molecule has 1 fully saturated rings. The summed E-state index contributed by atoms with van der Waals surface area (Å²) >= 11 is 5.82. The van der Waals surface area contributed by atoms with Crippen molar-refractivity contribution in [3.8, 4) is 0 Å². The number of halogens is 1. The first kappa shape index (κ1) is 13.3. The summed E-state index contributed by atoms with van der Waals surface area (Å²) in [6, 6.07) is 0.392. The number of sulfone groups is 1. The fraction of sp³-hybridized carbons (Fsp3) is 1.00. The summed E-state index contributed by atoms with van der Waals surface area (Å²) in [5.41, 5.74) is 0. The van der Waals surface area contributed by atoms with Crippen molar-refractivity contribution >= 4 is 21.4 Å². The van der Waals surface area contributed by atoms with E-state index in [1.54, 1.807) is 0 Å². The van der Waals surface area contributed by atoms with Crippen molar-refractivity contribution in [1.29, 1.82) is 0 Å². The van der Waals surface area contributed by atoms with Gasteiger partial charge in [0, 0.05) is 24.2 Å². The summed E-state index contributed by atoms with van der Waals surface area (Å²) in [5, 5.41) is 0. The second-order valence-electron chi connectivity index (χ2n) is 4.14. The Labute approximate surface area is 97.7 Å². The summed E-state index contributed by atoms with van der Waals surface area (Å²) in [5.74, 6) is 1.22. The summed E-state index contributed by atoms with van der Waals surface area (Å²) in [7, 11) is -2.84. The molecule has 1 atom stereocenters. The number of rotatable bonds is 6. The van der Waals surface area contributed by atoms with Gasteiger partial charge in [0.15, 0.2) is 9.84 Å². The van der Waals surface area contributed by atoms with Gasteiger partial charge in [0.2, 0.25) is 0 Å². The molecule has 1 saturated heterocycles. The Morgan fingerprint density at radius 3 is 2.73 bits per heavy atom. The van der Waals surface area contributed by atoms with Crippen LogP contribution in [0.4, 0.5) is 0 Å². The molecule has 0 bridgehead atoms. The van der Waals surface area contributed by atoms with Gasteiger partial charge >= 0.3 is 0 Å². The molecule has 3 nitrogen and oxygen atoms in total. The van der Waals surface area contributed by atoms with Gasteiger partial charge in [-0.25, -0.2) is 8.42 Å². The number of alkyl halides is 1. The zero-order valence-electron chi connectivity index (χ0n) is 9.28. The molecular formula is C10H20ClNO2S. The topological polar surface area (TPSA) is 37.4 Å². The van der Waals surface area contributed by atoms with E-state index in [1.807, 2.05) is 6.92 Å². The van der Waals surface area contributed by atoms with E-state index in [4.69, 9.17) is 11.6 Å². The Hall–Kier alpha value is 0.200. The van der Waals surface area contributed by atoms with Crippen molar-refractivity contribution < 1.29 is 8.42 Å². The third-order valence-electron chi connectivity index (χ3n) is 2.88. The molecule has 0 spiro atoms. The third-order valence-corrected chi connectivity index (χ3v) is 5.07. The maximum absolute atomic E-state index is 11.5. The summed E-state index contributed by atoms with van der Waals surface area (Å²) in [6.45, 7) is 3.55. The maximum atomic E-state index is 11.5. The van der Waals surface area contributed by atoms with Gasteiger partial charge in [-0.05, 0) is 25.8 Å². The average Bonchev–Trinajstić information content (AvgIpc) is 2.62. The minimum atomic E-state index is -2.84. The quantitative estimate of drug-likeness (QED) is 0.674. The molecular weight excluding hydrogens is 234 g/mol. The van der Waals surface area contributed by atoms with Crippen molar-refractivity contribution in [2.45, 2.75) is 32.2 Å². The second-order valence-corrected chi connectivity index (χ2v) is 6.75. The number of hydrogen-bond acceptors (Lipinski definition) is 3. The van der Waals surface area contributed by atoms with Crippen LogP contribution in [0.15, 0.2) is 0 Å². The Bertz CT molecular complexity index is 279. The molecule has 0 aromatic carbocycles. The van der Waals surface area contributed by atoms with Crippen molar-refractivity contribution in [1.82, 2.24) is 4.90 Å². The van der Waals surface area contributed by atoms with Crippen LogP contribution in [-0.4, -0.2) is 49.8 Å². The van der Waals surface area contributed by atoms with E-state index in [-0.39, 0.29) is 5.75 Å². The molecule has 1 unspecified atom stereocenters. The summed E-state index contributed by atoms with van der Waals surface area (Å²) < 4.78 is 23.0. The van der Waals surface area contributed by atoms with Gasteiger partial charge in [0.05, 0.1) is 5.75 Å². The fourth-order valence-electron chi connectivity index (χ4n) is 2.03. The SMILES string of the molecule is CCCS(=O)(=O)CCN1CCCC1CCl. The highest BCUT2D eigenvalue weighted by Crippen LogP contribution is 2.17. The normalized spacial score (nSPS) is 23.5. The molecule has 0 saturated carbocycles. The number of nitrogens with zero attached hydrogens (tertiary/aromatic N) is 1. The summed E-state index contributed by atoms with van der Waals surface area (Å²) in [6.07, 6.45) is 2.96. The van der Waals surface area contributed by atoms with Crippen molar-refractivity contribution in [3.63, 3.8) is 0 Å². The lowest BCUT2D eigenvalue weighted by molar-refractivity contribution is 0.287. The van der Waals surface area contributed by atoms with Crippen LogP contribution >= 0.6 is 11.6 Å². The Kier molecular flexibility index (Phi) is 5.36. The summed E-state index contributed by atoms with van der Waals surface area (Å²) in [4.78, 5) is 2.21. The van der Waals surface area contributed by atoms with Crippen LogP contribution in [0.5, 0.6) is 0 Å². The van der Waals surface area contributed by atoms with Crippen LogP contribution in [0, 0.1) is 0 Å². The molecule has 15 heavy (non-hydrogen) atoms. The van der Waals surface area contributed by atoms with Gasteiger partial charge in [-0.15, -0.1) is 11.6 Å². The molecule has 0 aromatic heterocycles.